The maximum absolute atomic E-state index is 13.0. The molecule has 1 N–H and O–H groups in total. The summed E-state index contributed by atoms with van der Waals surface area (Å²) in [4.78, 5) is 33.5. The summed E-state index contributed by atoms with van der Waals surface area (Å²) >= 11 is 0. The predicted octanol–water partition coefficient (Wildman–Crippen LogP) is 3.76. The van der Waals surface area contributed by atoms with Gasteiger partial charge in [-0.15, -0.1) is 0 Å². The van der Waals surface area contributed by atoms with Crippen LogP contribution in [0.15, 0.2) is 48.5 Å². The Morgan fingerprint density at radius 1 is 1.06 bits per heavy atom. The van der Waals surface area contributed by atoms with Crippen LogP contribution in [-0.4, -0.2) is 55.0 Å². The first kappa shape index (κ1) is 22.5. The van der Waals surface area contributed by atoms with E-state index in [1.807, 2.05) is 18.2 Å². The number of aromatic nitrogens is 1. The molecule has 8 heteroatoms. The fourth-order valence-corrected chi connectivity index (χ4v) is 4.02. The van der Waals surface area contributed by atoms with Gasteiger partial charge in [-0.3, -0.25) is 9.59 Å². The van der Waals surface area contributed by atoms with Gasteiger partial charge in [0.25, 0.3) is 0 Å². The molecule has 1 aliphatic rings. The quantitative estimate of drug-likeness (QED) is 0.619. The van der Waals surface area contributed by atoms with Crippen molar-refractivity contribution in [2.24, 2.45) is 0 Å². The molecule has 2 amide bonds. The molecule has 1 saturated heterocycles. The first-order chi connectivity index (χ1) is 15.9. The largest absolute Gasteiger partial charge is 0.494 e. The van der Waals surface area contributed by atoms with E-state index in [1.54, 1.807) is 12.0 Å². The van der Waals surface area contributed by atoms with Gasteiger partial charge in [0.05, 0.1) is 7.11 Å². The molecule has 0 unspecified atom stereocenters. The lowest BCUT2D eigenvalue weighted by atomic mass is 10.1. The zero-order valence-corrected chi connectivity index (χ0v) is 18.8. The number of ether oxygens (including phenoxy) is 1. The van der Waals surface area contributed by atoms with E-state index in [0.29, 0.717) is 31.9 Å². The van der Waals surface area contributed by atoms with Gasteiger partial charge in [0, 0.05) is 50.1 Å². The number of carbonyl (C=O) groups is 2. The van der Waals surface area contributed by atoms with Crippen LogP contribution >= 0.6 is 0 Å². The van der Waals surface area contributed by atoms with E-state index in [0.717, 1.165) is 28.0 Å². The van der Waals surface area contributed by atoms with E-state index in [4.69, 9.17) is 9.72 Å². The Kier molecular flexibility index (Phi) is 6.72. The van der Waals surface area contributed by atoms with Crippen LogP contribution in [0.4, 0.5) is 15.9 Å². The van der Waals surface area contributed by atoms with Crippen molar-refractivity contribution >= 4 is 34.2 Å². The normalized spacial score (nSPS) is 13.8. The molecule has 3 aromatic rings. The van der Waals surface area contributed by atoms with E-state index in [-0.39, 0.29) is 30.5 Å². The SMILES string of the molecule is COc1cccc2c(C)cc(N3CCN(C(=O)CCC(=O)Nc4ccc(F)cc4)CC3)nc12. The standard InChI is InChI=1S/C25H27FN4O3/c1-17-16-22(28-25-20(17)4-3-5-21(25)33-2)29-12-14-30(15-13-29)24(32)11-10-23(31)27-19-8-6-18(26)7-9-19/h3-9,16H,10-15H2,1-2H3,(H,27,31). The Morgan fingerprint density at radius 3 is 2.48 bits per heavy atom. The summed E-state index contributed by atoms with van der Waals surface area (Å²) in [6, 6.07) is 13.5. The lowest BCUT2D eigenvalue weighted by Crippen LogP contribution is -2.49. The summed E-state index contributed by atoms with van der Waals surface area (Å²) < 4.78 is 18.4. The number of piperazine rings is 1. The van der Waals surface area contributed by atoms with Crippen molar-refractivity contribution in [3.8, 4) is 5.75 Å². The molecule has 7 nitrogen and oxygen atoms in total. The number of hydrogen-bond donors (Lipinski definition) is 1. The fraction of sp³-hybridized carbons (Fsp3) is 0.320. The summed E-state index contributed by atoms with van der Waals surface area (Å²) in [7, 11) is 1.64. The van der Waals surface area contributed by atoms with Crippen molar-refractivity contribution in [2.45, 2.75) is 19.8 Å². The van der Waals surface area contributed by atoms with Crippen LogP contribution in [0.2, 0.25) is 0 Å². The summed E-state index contributed by atoms with van der Waals surface area (Å²) in [5.41, 5.74) is 2.47. The first-order valence-corrected chi connectivity index (χ1v) is 11.0. The smallest absolute Gasteiger partial charge is 0.224 e. The van der Waals surface area contributed by atoms with Crippen molar-refractivity contribution in [2.75, 3.05) is 43.5 Å². The number of rotatable bonds is 6. The van der Waals surface area contributed by atoms with Crippen LogP contribution in [-0.2, 0) is 9.59 Å². The third-order valence-corrected chi connectivity index (χ3v) is 5.87. The Hall–Kier alpha value is -3.68. The molecule has 0 atom stereocenters. The Labute approximate surface area is 192 Å². The predicted molar refractivity (Wildman–Crippen MR) is 126 cm³/mol. The molecule has 1 aliphatic heterocycles. The molecule has 2 aromatic carbocycles. The van der Waals surface area contributed by atoms with Gasteiger partial charge >= 0.3 is 0 Å². The lowest BCUT2D eigenvalue weighted by Gasteiger charge is -2.35. The minimum atomic E-state index is -0.365. The monoisotopic (exact) mass is 450 g/mol. The second-order valence-electron chi connectivity index (χ2n) is 8.08. The van der Waals surface area contributed by atoms with Crippen LogP contribution in [0.3, 0.4) is 0 Å². The van der Waals surface area contributed by atoms with Gasteiger partial charge in [-0.25, -0.2) is 9.37 Å². The van der Waals surface area contributed by atoms with Crippen LogP contribution in [0.5, 0.6) is 5.75 Å². The number of carbonyl (C=O) groups excluding carboxylic acids is 2. The molecule has 1 aromatic heterocycles. The van der Waals surface area contributed by atoms with Crippen LogP contribution in [0, 0.1) is 12.7 Å². The number of amides is 2. The number of pyridine rings is 1. The molecule has 33 heavy (non-hydrogen) atoms. The minimum absolute atomic E-state index is 0.0479. The van der Waals surface area contributed by atoms with Gasteiger partial charge in [0.1, 0.15) is 22.9 Å². The van der Waals surface area contributed by atoms with Gasteiger partial charge in [-0.1, -0.05) is 12.1 Å². The van der Waals surface area contributed by atoms with Crippen molar-refractivity contribution in [1.82, 2.24) is 9.88 Å². The highest BCUT2D eigenvalue weighted by Gasteiger charge is 2.23. The molecule has 0 radical (unpaired) electrons. The van der Waals surface area contributed by atoms with Gasteiger partial charge in [-0.05, 0) is 48.9 Å². The highest BCUT2D eigenvalue weighted by molar-refractivity contribution is 5.93. The molecule has 0 aliphatic carbocycles. The van der Waals surface area contributed by atoms with Crippen molar-refractivity contribution < 1.29 is 18.7 Å². The topological polar surface area (TPSA) is 74.8 Å². The van der Waals surface area contributed by atoms with Crippen molar-refractivity contribution in [1.29, 1.82) is 0 Å². The number of nitrogens with one attached hydrogen (secondary N) is 1. The van der Waals surface area contributed by atoms with E-state index in [1.165, 1.54) is 24.3 Å². The first-order valence-electron chi connectivity index (χ1n) is 11.0. The van der Waals surface area contributed by atoms with E-state index < -0.39 is 0 Å². The number of aryl methyl sites for hydroxylation is 1. The molecular formula is C25H27FN4O3. The maximum Gasteiger partial charge on any atom is 0.224 e. The van der Waals surface area contributed by atoms with Gasteiger partial charge in [-0.2, -0.15) is 0 Å². The summed E-state index contributed by atoms with van der Waals surface area (Å²) in [6.45, 7) is 4.54. The van der Waals surface area contributed by atoms with E-state index >= 15 is 0 Å². The number of benzene rings is 2. The molecule has 0 spiro atoms. The number of hydrogen-bond acceptors (Lipinski definition) is 5. The highest BCUT2D eigenvalue weighted by Crippen LogP contribution is 2.29. The zero-order chi connectivity index (χ0) is 23.4. The number of para-hydroxylation sites is 1. The van der Waals surface area contributed by atoms with Crippen LogP contribution in [0.1, 0.15) is 18.4 Å². The summed E-state index contributed by atoms with van der Waals surface area (Å²) in [5, 5.41) is 3.74. The molecule has 2 heterocycles. The Balaban J connectivity index is 1.31. The number of methoxy groups -OCH3 is 1. The molecule has 4 rings (SSSR count). The number of fused-ring (bicyclic) bond motifs is 1. The molecular weight excluding hydrogens is 423 g/mol. The fourth-order valence-electron chi connectivity index (χ4n) is 4.02. The van der Waals surface area contributed by atoms with E-state index in [9.17, 15) is 14.0 Å². The van der Waals surface area contributed by atoms with Gasteiger partial charge in [0.2, 0.25) is 11.8 Å². The maximum atomic E-state index is 13.0. The molecule has 0 saturated carbocycles. The van der Waals surface area contributed by atoms with E-state index in [2.05, 4.69) is 23.2 Å². The Morgan fingerprint density at radius 2 is 1.79 bits per heavy atom. The average molecular weight is 451 g/mol. The molecule has 1 fully saturated rings. The Bertz CT molecular complexity index is 1160. The molecule has 172 valence electrons. The molecule has 0 bridgehead atoms. The van der Waals surface area contributed by atoms with Crippen LogP contribution < -0.4 is 15.0 Å². The highest BCUT2D eigenvalue weighted by atomic mass is 19.1. The lowest BCUT2D eigenvalue weighted by molar-refractivity contribution is -0.133. The second kappa shape index (κ2) is 9.85. The zero-order valence-electron chi connectivity index (χ0n) is 18.8. The van der Waals surface area contributed by atoms with Crippen molar-refractivity contribution in [3.05, 3.63) is 59.9 Å². The average Bonchev–Trinajstić information content (AvgIpc) is 2.83. The second-order valence-corrected chi connectivity index (χ2v) is 8.08. The van der Waals surface area contributed by atoms with Gasteiger partial charge < -0.3 is 19.9 Å². The minimum Gasteiger partial charge on any atom is -0.494 e. The third kappa shape index (κ3) is 5.22. The number of anilines is 2. The summed E-state index contributed by atoms with van der Waals surface area (Å²) in [6.07, 6.45) is 0.221. The number of halogens is 1. The third-order valence-electron chi connectivity index (χ3n) is 5.87. The summed E-state index contributed by atoms with van der Waals surface area (Å²) in [5.74, 6) is 0.933. The van der Waals surface area contributed by atoms with Crippen LogP contribution in [0.25, 0.3) is 10.9 Å². The van der Waals surface area contributed by atoms with Gasteiger partial charge in [0.15, 0.2) is 0 Å². The van der Waals surface area contributed by atoms with Crippen molar-refractivity contribution in [3.63, 3.8) is 0 Å². The number of nitrogens with zero attached hydrogens (tertiary/aromatic N) is 3.